The van der Waals surface area contributed by atoms with Crippen LogP contribution in [0.1, 0.15) is 38.2 Å². The van der Waals surface area contributed by atoms with Crippen LogP contribution in [0.4, 0.5) is 10.5 Å². The molecule has 1 aromatic carbocycles. The van der Waals surface area contributed by atoms with Gasteiger partial charge in [-0.15, -0.1) is 11.3 Å². The molecule has 0 aliphatic heterocycles. The first kappa shape index (κ1) is 23.8. The van der Waals surface area contributed by atoms with Gasteiger partial charge in [0.05, 0.1) is 0 Å². The first-order valence-electron chi connectivity index (χ1n) is 9.24. The molecular formula is C20H24N4O6S. The van der Waals surface area contributed by atoms with Crippen LogP contribution < -0.4 is 16.4 Å². The fourth-order valence-electron chi connectivity index (χ4n) is 2.26. The maximum atomic E-state index is 12.4. The molecule has 0 saturated heterocycles. The first-order chi connectivity index (χ1) is 14.4. The second kappa shape index (κ2) is 10.0. The molecule has 2 rings (SSSR count). The third-order valence-corrected chi connectivity index (χ3v) is 4.51. The highest BCUT2D eigenvalue weighted by molar-refractivity contribution is 7.13. The zero-order valence-electron chi connectivity index (χ0n) is 17.6. The Bertz CT molecular complexity index is 965. The molecule has 0 saturated carbocycles. The molecule has 2 aromatic rings. The number of aromatic nitrogens is 1. The maximum Gasteiger partial charge on any atom is 0.412 e. The van der Waals surface area contributed by atoms with Crippen LogP contribution in [-0.4, -0.2) is 47.1 Å². The SMILES string of the molecule is CC(=O)OC[C@H](NC(=O)c1csc(-c2ccc(NC(=O)OC(C)(C)C)cc2)n1)C(N)=O. The van der Waals surface area contributed by atoms with Gasteiger partial charge in [0.25, 0.3) is 5.91 Å². The minimum absolute atomic E-state index is 0.0880. The largest absolute Gasteiger partial charge is 0.463 e. The molecule has 31 heavy (non-hydrogen) atoms. The molecular weight excluding hydrogens is 424 g/mol. The number of anilines is 1. The molecule has 0 fully saturated rings. The van der Waals surface area contributed by atoms with Gasteiger partial charge in [-0.25, -0.2) is 9.78 Å². The molecule has 1 atom stereocenters. The lowest BCUT2D eigenvalue weighted by Crippen LogP contribution is -2.47. The van der Waals surface area contributed by atoms with Crippen molar-refractivity contribution in [2.24, 2.45) is 5.73 Å². The summed E-state index contributed by atoms with van der Waals surface area (Å²) in [5, 5.41) is 7.11. The number of primary amides is 1. The number of rotatable bonds is 7. The van der Waals surface area contributed by atoms with Crippen LogP contribution in [0.25, 0.3) is 10.6 Å². The molecule has 0 bridgehead atoms. The Morgan fingerprint density at radius 3 is 2.35 bits per heavy atom. The van der Waals surface area contributed by atoms with E-state index in [0.29, 0.717) is 10.7 Å². The Kier molecular flexibility index (Phi) is 7.70. The number of thiazole rings is 1. The van der Waals surface area contributed by atoms with Crippen LogP contribution >= 0.6 is 11.3 Å². The van der Waals surface area contributed by atoms with Gasteiger partial charge in [-0.3, -0.25) is 19.7 Å². The molecule has 166 valence electrons. The zero-order chi connectivity index (χ0) is 23.2. The fraction of sp³-hybridized carbons (Fsp3) is 0.350. The number of hydrogen-bond donors (Lipinski definition) is 3. The highest BCUT2D eigenvalue weighted by Gasteiger charge is 2.22. The van der Waals surface area contributed by atoms with Gasteiger partial charge in [0.1, 0.15) is 29.0 Å². The summed E-state index contributed by atoms with van der Waals surface area (Å²) in [6.45, 7) is 6.13. The van der Waals surface area contributed by atoms with Gasteiger partial charge in [0, 0.05) is 23.6 Å². The van der Waals surface area contributed by atoms with E-state index in [0.717, 1.165) is 5.56 Å². The smallest absolute Gasteiger partial charge is 0.412 e. The number of carbonyl (C=O) groups excluding carboxylic acids is 4. The number of nitrogens with one attached hydrogen (secondary N) is 2. The van der Waals surface area contributed by atoms with E-state index in [1.807, 2.05) is 0 Å². The summed E-state index contributed by atoms with van der Waals surface area (Å²) in [6.07, 6.45) is -0.564. The first-order valence-corrected chi connectivity index (χ1v) is 10.1. The van der Waals surface area contributed by atoms with Crippen molar-refractivity contribution in [3.8, 4) is 10.6 Å². The van der Waals surface area contributed by atoms with Crippen molar-refractivity contribution >= 4 is 40.9 Å². The lowest BCUT2D eigenvalue weighted by atomic mass is 10.2. The van der Waals surface area contributed by atoms with Crippen LogP contribution in [0.5, 0.6) is 0 Å². The van der Waals surface area contributed by atoms with Gasteiger partial charge < -0.3 is 20.5 Å². The molecule has 1 heterocycles. The average molecular weight is 449 g/mol. The number of esters is 1. The Morgan fingerprint density at radius 1 is 1.16 bits per heavy atom. The van der Waals surface area contributed by atoms with Crippen molar-refractivity contribution in [1.29, 1.82) is 0 Å². The normalized spacial score (nSPS) is 11.9. The van der Waals surface area contributed by atoms with Gasteiger partial charge in [-0.1, -0.05) is 0 Å². The highest BCUT2D eigenvalue weighted by Crippen LogP contribution is 2.25. The summed E-state index contributed by atoms with van der Waals surface area (Å²) < 4.78 is 9.93. The van der Waals surface area contributed by atoms with Crippen molar-refractivity contribution in [3.63, 3.8) is 0 Å². The zero-order valence-corrected chi connectivity index (χ0v) is 18.4. The molecule has 1 aromatic heterocycles. The monoisotopic (exact) mass is 448 g/mol. The lowest BCUT2D eigenvalue weighted by molar-refractivity contribution is -0.142. The summed E-state index contributed by atoms with van der Waals surface area (Å²) >= 11 is 1.23. The topological polar surface area (TPSA) is 150 Å². The van der Waals surface area contributed by atoms with Gasteiger partial charge in [-0.05, 0) is 45.0 Å². The van der Waals surface area contributed by atoms with Gasteiger partial charge >= 0.3 is 12.1 Å². The van der Waals surface area contributed by atoms with E-state index in [2.05, 4.69) is 15.6 Å². The average Bonchev–Trinajstić information content (AvgIpc) is 3.14. The highest BCUT2D eigenvalue weighted by atomic mass is 32.1. The summed E-state index contributed by atoms with van der Waals surface area (Å²) in [7, 11) is 0. The van der Waals surface area contributed by atoms with Crippen LogP contribution in [0.15, 0.2) is 29.6 Å². The van der Waals surface area contributed by atoms with Crippen LogP contribution in [-0.2, 0) is 19.1 Å². The number of amides is 3. The molecule has 0 aliphatic rings. The molecule has 0 unspecified atom stereocenters. The Labute approximate surface area is 183 Å². The third kappa shape index (κ3) is 7.70. The fourth-order valence-corrected chi connectivity index (χ4v) is 3.06. The van der Waals surface area contributed by atoms with E-state index in [1.54, 1.807) is 45.0 Å². The van der Waals surface area contributed by atoms with Crippen molar-refractivity contribution in [2.45, 2.75) is 39.3 Å². The number of carbonyl (C=O) groups is 4. The van der Waals surface area contributed by atoms with E-state index in [1.165, 1.54) is 23.6 Å². The summed E-state index contributed by atoms with van der Waals surface area (Å²) in [6, 6.07) is 5.67. The Balaban J connectivity index is 2.02. The second-order valence-electron chi connectivity index (χ2n) is 7.47. The number of hydrogen-bond acceptors (Lipinski definition) is 8. The molecule has 4 N–H and O–H groups in total. The molecule has 11 heteroatoms. The summed E-state index contributed by atoms with van der Waals surface area (Å²) in [5.41, 5.74) is 5.98. The van der Waals surface area contributed by atoms with Gasteiger partial charge in [-0.2, -0.15) is 0 Å². The van der Waals surface area contributed by atoms with Crippen molar-refractivity contribution in [3.05, 3.63) is 35.3 Å². The maximum absolute atomic E-state index is 12.4. The van der Waals surface area contributed by atoms with Crippen LogP contribution in [0.3, 0.4) is 0 Å². The minimum Gasteiger partial charge on any atom is -0.463 e. The quantitative estimate of drug-likeness (QED) is 0.550. The third-order valence-electron chi connectivity index (χ3n) is 3.62. The minimum atomic E-state index is -1.17. The van der Waals surface area contributed by atoms with Crippen molar-refractivity contribution in [1.82, 2.24) is 10.3 Å². The Morgan fingerprint density at radius 2 is 1.81 bits per heavy atom. The predicted octanol–water partition coefficient (Wildman–Crippen LogP) is 2.30. The van der Waals surface area contributed by atoms with E-state index in [9.17, 15) is 19.2 Å². The molecule has 0 aliphatic carbocycles. The molecule has 0 spiro atoms. The Hall–Kier alpha value is -3.47. The number of benzene rings is 1. The standard InChI is InChI=1S/C20H24N4O6S/c1-11(25)29-9-14(16(21)26)23-17(27)15-10-31-18(24-15)12-5-7-13(8-6-12)22-19(28)30-20(2,3)4/h5-8,10,14H,9H2,1-4H3,(H2,21,26)(H,22,28)(H,23,27)/t14-/m0/s1. The molecule has 10 nitrogen and oxygen atoms in total. The predicted molar refractivity (Wildman–Crippen MR) is 114 cm³/mol. The second-order valence-corrected chi connectivity index (χ2v) is 8.33. The number of nitrogens with zero attached hydrogens (tertiary/aromatic N) is 1. The van der Waals surface area contributed by atoms with Gasteiger partial charge in [0.2, 0.25) is 5.91 Å². The number of nitrogens with two attached hydrogens (primary N) is 1. The van der Waals surface area contributed by atoms with Crippen LogP contribution in [0, 0.1) is 0 Å². The molecule has 3 amide bonds. The van der Waals surface area contributed by atoms with E-state index < -0.39 is 35.5 Å². The van der Waals surface area contributed by atoms with Gasteiger partial charge in [0.15, 0.2) is 0 Å². The van der Waals surface area contributed by atoms with Crippen LogP contribution in [0.2, 0.25) is 0 Å². The van der Waals surface area contributed by atoms with Crippen molar-refractivity contribution in [2.75, 3.05) is 11.9 Å². The van der Waals surface area contributed by atoms with E-state index in [-0.39, 0.29) is 12.3 Å². The van der Waals surface area contributed by atoms with E-state index in [4.69, 9.17) is 15.2 Å². The summed E-state index contributed by atoms with van der Waals surface area (Å²) in [5.74, 6) is -2.05. The molecule has 0 radical (unpaired) electrons. The number of ether oxygens (including phenoxy) is 2. The summed E-state index contributed by atoms with van der Waals surface area (Å²) in [4.78, 5) is 50.8. The van der Waals surface area contributed by atoms with Crippen molar-refractivity contribution < 1.29 is 28.7 Å². The lowest BCUT2D eigenvalue weighted by Gasteiger charge is -2.19. The van der Waals surface area contributed by atoms with E-state index >= 15 is 0 Å².